The Bertz CT molecular complexity index is 1050. The van der Waals surface area contributed by atoms with Gasteiger partial charge in [0.05, 0.1) is 5.57 Å². The first kappa shape index (κ1) is 14.9. The number of nitrogens with one attached hydrogen (secondary N) is 2. The molecule has 0 unspecified atom stereocenters. The van der Waals surface area contributed by atoms with Crippen molar-refractivity contribution in [3.05, 3.63) is 83.2 Å². The number of carbonyl (C=O) groups excluding carboxylic acids is 1. The van der Waals surface area contributed by atoms with Crippen molar-refractivity contribution >= 4 is 23.2 Å². The molecular formula is C21H14N2O2. The van der Waals surface area contributed by atoms with Gasteiger partial charge in [0.1, 0.15) is 5.75 Å². The quantitative estimate of drug-likeness (QED) is 0.472. The van der Waals surface area contributed by atoms with E-state index in [0.29, 0.717) is 5.57 Å². The Hall–Kier alpha value is -3.71. The zero-order valence-electron chi connectivity index (χ0n) is 13.2. The molecule has 0 spiro atoms. The van der Waals surface area contributed by atoms with Crippen molar-refractivity contribution in [1.29, 1.82) is 0 Å². The molecule has 0 atom stereocenters. The molecule has 1 aromatic heterocycles. The normalized spacial score (nSPS) is 13.9. The highest BCUT2D eigenvalue weighted by atomic mass is 16.3. The standard InChI is InChI=1S/C21H14N2O2/c24-17-5-1-3-14(11-17)6-7-15-8-9-20-18(12-15)19(21(25)23-20)13-16-4-2-10-22-16/h1-5,8-13,22,24H,(H,23,25)/b19-13-. The number of rotatable bonds is 1. The van der Waals surface area contributed by atoms with Crippen LogP contribution in [0, 0.1) is 11.8 Å². The Morgan fingerprint density at radius 2 is 1.80 bits per heavy atom. The molecule has 0 aliphatic carbocycles. The van der Waals surface area contributed by atoms with Gasteiger partial charge in [0.2, 0.25) is 0 Å². The summed E-state index contributed by atoms with van der Waals surface area (Å²) in [7, 11) is 0. The molecule has 4 nitrogen and oxygen atoms in total. The Kier molecular flexibility index (Phi) is 3.60. The highest BCUT2D eigenvalue weighted by Gasteiger charge is 2.24. The minimum absolute atomic E-state index is 0.123. The summed E-state index contributed by atoms with van der Waals surface area (Å²) in [6, 6.07) is 16.2. The Balaban J connectivity index is 1.71. The lowest BCUT2D eigenvalue weighted by Gasteiger charge is -1.99. The summed E-state index contributed by atoms with van der Waals surface area (Å²) in [4.78, 5) is 15.3. The van der Waals surface area contributed by atoms with Gasteiger partial charge in [0.25, 0.3) is 5.91 Å². The average Bonchev–Trinajstić information content (AvgIpc) is 3.22. The van der Waals surface area contributed by atoms with Crippen molar-refractivity contribution < 1.29 is 9.90 Å². The van der Waals surface area contributed by atoms with Gasteiger partial charge in [-0.1, -0.05) is 17.9 Å². The van der Waals surface area contributed by atoms with E-state index in [1.807, 2.05) is 48.7 Å². The molecule has 0 radical (unpaired) electrons. The topological polar surface area (TPSA) is 65.1 Å². The van der Waals surface area contributed by atoms with Crippen LogP contribution in [0.4, 0.5) is 5.69 Å². The highest BCUT2D eigenvalue weighted by Crippen LogP contribution is 2.33. The van der Waals surface area contributed by atoms with E-state index in [1.54, 1.807) is 18.2 Å². The first-order chi connectivity index (χ1) is 12.2. The molecule has 4 rings (SSSR count). The van der Waals surface area contributed by atoms with E-state index in [4.69, 9.17) is 0 Å². The first-order valence-corrected chi connectivity index (χ1v) is 7.81. The molecule has 0 fully saturated rings. The van der Waals surface area contributed by atoms with Gasteiger partial charge in [-0.25, -0.2) is 0 Å². The molecule has 3 aromatic rings. The Morgan fingerprint density at radius 3 is 2.56 bits per heavy atom. The SMILES string of the molecule is O=C1Nc2ccc(C#Cc3cccc(O)c3)cc2/C1=C/c1ccc[nH]1. The van der Waals surface area contributed by atoms with Gasteiger partial charge < -0.3 is 15.4 Å². The number of phenols is 1. The van der Waals surface area contributed by atoms with Crippen LogP contribution in [-0.4, -0.2) is 16.0 Å². The van der Waals surface area contributed by atoms with Gasteiger partial charge in [0, 0.05) is 34.3 Å². The third-order valence-corrected chi connectivity index (χ3v) is 3.92. The van der Waals surface area contributed by atoms with Gasteiger partial charge in [-0.3, -0.25) is 4.79 Å². The second-order valence-corrected chi connectivity index (χ2v) is 5.70. The van der Waals surface area contributed by atoms with Crippen molar-refractivity contribution in [3.63, 3.8) is 0 Å². The minimum Gasteiger partial charge on any atom is -0.508 e. The molecule has 0 bridgehead atoms. The summed E-state index contributed by atoms with van der Waals surface area (Å²) >= 11 is 0. The number of aromatic nitrogens is 1. The lowest BCUT2D eigenvalue weighted by Crippen LogP contribution is -2.03. The van der Waals surface area contributed by atoms with Crippen molar-refractivity contribution in [2.24, 2.45) is 0 Å². The molecule has 120 valence electrons. The van der Waals surface area contributed by atoms with Crippen molar-refractivity contribution in [3.8, 4) is 17.6 Å². The summed E-state index contributed by atoms with van der Waals surface area (Å²) < 4.78 is 0. The zero-order chi connectivity index (χ0) is 17.2. The number of aromatic hydroxyl groups is 1. The molecule has 0 saturated heterocycles. The van der Waals surface area contributed by atoms with Crippen LogP contribution in [0.3, 0.4) is 0 Å². The van der Waals surface area contributed by atoms with E-state index in [0.717, 1.165) is 28.1 Å². The molecule has 1 aliphatic heterocycles. The lowest BCUT2D eigenvalue weighted by atomic mass is 10.0. The van der Waals surface area contributed by atoms with Gasteiger partial charge in [-0.2, -0.15) is 0 Å². The van der Waals surface area contributed by atoms with Crippen LogP contribution < -0.4 is 5.32 Å². The van der Waals surface area contributed by atoms with Gasteiger partial charge in [-0.05, 0) is 54.6 Å². The van der Waals surface area contributed by atoms with Crippen LogP contribution in [0.5, 0.6) is 5.75 Å². The number of fused-ring (bicyclic) bond motifs is 1. The van der Waals surface area contributed by atoms with Crippen LogP contribution in [0.25, 0.3) is 11.6 Å². The summed E-state index contributed by atoms with van der Waals surface area (Å²) in [5, 5.41) is 12.4. The van der Waals surface area contributed by atoms with Crippen LogP contribution in [0.1, 0.15) is 22.4 Å². The fourth-order valence-corrected chi connectivity index (χ4v) is 2.73. The third kappa shape index (κ3) is 3.04. The summed E-state index contributed by atoms with van der Waals surface area (Å²) in [6.07, 6.45) is 3.64. The number of aromatic amines is 1. The zero-order valence-corrected chi connectivity index (χ0v) is 13.2. The van der Waals surface area contributed by atoms with E-state index >= 15 is 0 Å². The molecular weight excluding hydrogens is 312 g/mol. The number of benzene rings is 2. The van der Waals surface area contributed by atoms with Crippen LogP contribution >= 0.6 is 0 Å². The predicted octanol–water partition coefficient (Wildman–Crippen LogP) is 3.61. The highest BCUT2D eigenvalue weighted by molar-refractivity contribution is 6.34. The molecule has 25 heavy (non-hydrogen) atoms. The van der Waals surface area contributed by atoms with E-state index < -0.39 is 0 Å². The van der Waals surface area contributed by atoms with Gasteiger partial charge >= 0.3 is 0 Å². The smallest absolute Gasteiger partial charge is 0.256 e. The van der Waals surface area contributed by atoms with Crippen molar-refractivity contribution in [1.82, 2.24) is 4.98 Å². The van der Waals surface area contributed by atoms with Crippen molar-refractivity contribution in [2.75, 3.05) is 5.32 Å². The predicted molar refractivity (Wildman–Crippen MR) is 97.8 cm³/mol. The molecule has 2 heterocycles. The maximum absolute atomic E-state index is 12.2. The number of anilines is 1. The van der Waals surface area contributed by atoms with Crippen LogP contribution in [0.15, 0.2) is 60.8 Å². The molecule has 2 aromatic carbocycles. The molecule has 1 aliphatic rings. The second-order valence-electron chi connectivity index (χ2n) is 5.70. The third-order valence-electron chi connectivity index (χ3n) is 3.92. The van der Waals surface area contributed by atoms with Crippen molar-refractivity contribution in [2.45, 2.75) is 0 Å². The largest absolute Gasteiger partial charge is 0.508 e. The van der Waals surface area contributed by atoms with Gasteiger partial charge in [-0.15, -0.1) is 0 Å². The van der Waals surface area contributed by atoms with Crippen LogP contribution in [0.2, 0.25) is 0 Å². The number of H-pyrrole nitrogens is 1. The number of carbonyl (C=O) groups is 1. The number of phenolic OH excluding ortho intramolecular Hbond substituents is 1. The van der Waals surface area contributed by atoms with E-state index in [2.05, 4.69) is 22.1 Å². The number of hydrogen-bond acceptors (Lipinski definition) is 2. The molecule has 4 heteroatoms. The summed E-state index contributed by atoms with van der Waals surface area (Å²) in [5.74, 6) is 6.16. The Labute approximate surface area is 144 Å². The molecule has 3 N–H and O–H groups in total. The van der Waals surface area contributed by atoms with E-state index in [1.165, 1.54) is 0 Å². The van der Waals surface area contributed by atoms with Crippen LogP contribution in [-0.2, 0) is 4.79 Å². The number of hydrogen-bond donors (Lipinski definition) is 3. The monoisotopic (exact) mass is 326 g/mol. The Morgan fingerprint density at radius 1 is 0.960 bits per heavy atom. The average molecular weight is 326 g/mol. The maximum atomic E-state index is 12.2. The second kappa shape index (κ2) is 6.06. The van der Waals surface area contributed by atoms with E-state index in [9.17, 15) is 9.90 Å². The lowest BCUT2D eigenvalue weighted by molar-refractivity contribution is -0.110. The molecule has 0 saturated carbocycles. The van der Waals surface area contributed by atoms with E-state index in [-0.39, 0.29) is 11.7 Å². The summed E-state index contributed by atoms with van der Waals surface area (Å²) in [5.41, 5.74) is 4.63. The fourth-order valence-electron chi connectivity index (χ4n) is 2.73. The molecule has 1 amide bonds. The van der Waals surface area contributed by atoms with Gasteiger partial charge in [0.15, 0.2) is 0 Å². The number of amides is 1. The maximum Gasteiger partial charge on any atom is 0.256 e. The fraction of sp³-hybridized carbons (Fsp3) is 0. The first-order valence-electron chi connectivity index (χ1n) is 7.81. The minimum atomic E-state index is -0.123. The summed E-state index contributed by atoms with van der Waals surface area (Å²) in [6.45, 7) is 0.